The monoisotopic (exact) mass is 440 g/mol. The zero-order valence-corrected chi connectivity index (χ0v) is 21.9. The fraction of sp³-hybridized carbons (Fsp3) is 0.833. The topological polar surface area (TPSA) is 37.3 Å². The highest BCUT2D eigenvalue weighted by molar-refractivity contribution is 5.85. The molecular formula is C30H48O2. The van der Waals surface area contributed by atoms with Crippen molar-refractivity contribution in [1.29, 1.82) is 0 Å². The maximum Gasteiger partial charge on any atom is 0.138 e. The molecule has 2 nitrogen and oxygen atoms in total. The van der Waals surface area contributed by atoms with Gasteiger partial charge in [-0.15, -0.1) is 0 Å². The minimum Gasteiger partial charge on any atom is -0.392 e. The molecule has 6 atom stereocenters. The summed E-state index contributed by atoms with van der Waals surface area (Å²) in [7, 11) is 0. The summed E-state index contributed by atoms with van der Waals surface area (Å²) in [5.74, 6) is 2.53. The molecule has 0 aromatic rings. The van der Waals surface area contributed by atoms with Crippen LogP contribution in [0, 0.1) is 39.4 Å². The Morgan fingerprint density at radius 1 is 1.03 bits per heavy atom. The summed E-state index contributed by atoms with van der Waals surface area (Å²) in [6.07, 6.45) is 14.1. The van der Waals surface area contributed by atoms with Gasteiger partial charge in [-0.3, -0.25) is 4.79 Å². The van der Waals surface area contributed by atoms with Crippen molar-refractivity contribution in [1.82, 2.24) is 0 Å². The number of aliphatic hydroxyl groups excluding tert-OH is 1. The van der Waals surface area contributed by atoms with E-state index in [1.54, 1.807) is 5.57 Å². The van der Waals surface area contributed by atoms with Crippen LogP contribution < -0.4 is 0 Å². The van der Waals surface area contributed by atoms with Crippen LogP contribution in [0.3, 0.4) is 0 Å². The fourth-order valence-corrected chi connectivity index (χ4v) is 9.30. The number of rotatable bonds is 5. The third-order valence-electron chi connectivity index (χ3n) is 11.6. The molecule has 4 rings (SSSR count). The Hall–Kier alpha value is -0.890. The van der Waals surface area contributed by atoms with Crippen molar-refractivity contribution in [3.8, 4) is 0 Å². The number of ketones is 1. The fourth-order valence-electron chi connectivity index (χ4n) is 9.30. The number of carbonyl (C=O) groups excluding carboxylic acids is 1. The van der Waals surface area contributed by atoms with Crippen molar-refractivity contribution in [3.63, 3.8) is 0 Å². The smallest absolute Gasteiger partial charge is 0.138 e. The van der Waals surface area contributed by atoms with Gasteiger partial charge >= 0.3 is 0 Å². The third kappa shape index (κ3) is 3.33. The number of Topliss-reactive ketones (excluding diaryl/α,β-unsaturated/α-hetero) is 1. The van der Waals surface area contributed by atoms with Crippen LogP contribution in [0.4, 0.5) is 0 Å². The molecule has 2 fully saturated rings. The molecule has 1 N–H and O–H groups in total. The van der Waals surface area contributed by atoms with Gasteiger partial charge in [-0.25, -0.2) is 0 Å². The first kappa shape index (κ1) is 24.2. The standard InChI is InChI=1S/C30H48O2/c1-20(19-31)9-8-10-21(2)22-13-17-30(7)24-11-12-25-27(3,4)26(32)15-16-28(25,5)23(24)14-18-29(22,30)6/h9,21-22,25,31H,8,10-19H2,1-7H3/b20-9+/t21-,22-,25-,28+,29-,30+/m0/s1. The average Bonchev–Trinajstić information content (AvgIpc) is 3.02. The Kier molecular flexibility index (Phi) is 6.14. The van der Waals surface area contributed by atoms with Crippen molar-refractivity contribution in [3.05, 3.63) is 22.8 Å². The van der Waals surface area contributed by atoms with Crippen LogP contribution in [0.1, 0.15) is 113 Å². The van der Waals surface area contributed by atoms with Crippen molar-refractivity contribution in [2.45, 2.75) is 113 Å². The van der Waals surface area contributed by atoms with E-state index in [1.807, 2.05) is 12.5 Å². The van der Waals surface area contributed by atoms with Gasteiger partial charge in [0.15, 0.2) is 0 Å². The van der Waals surface area contributed by atoms with E-state index in [0.717, 1.165) is 36.7 Å². The van der Waals surface area contributed by atoms with Crippen molar-refractivity contribution in [2.24, 2.45) is 39.4 Å². The second-order valence-corrected chi connectivity index (χ2v) is 13.3. The lowest BCUT2D eigenvalue weighted by molar-refractivity contribution is -0.139. The molecule has 0 aromatic heterocycles. The van der Waals surface area contributed by atoms with E-state index >= 15 is 0 Å². The zero-order valence-electron chi connectivity index (χ0n) is 21.9. The number of aliphatic hydroxyl groups is 1. The van der Waals surface area contributed by atoms with E-state index in [2.05, 4.69) is 47.6 Å². The quantitative estimate of drug-likeness (QED) is 0.445. The van der Waals surface area contributed by atoms with Crippen LogP contribution in [0.25, 0.3) is 0 Å². The average molecular weight is 441 g/mol. The summed E-state index contributed by atoms with van der Waals surface area (Å²) in [5, 5.41) is 9.31. The summed E-state index contributed by atoms with van der Waals surface area (Å²) in [4.78, 5) is 12.8. The minimum atomic E-state index is -0.167. The van der Waals surface area contributed by atoms with E-state index in [-0.39, 0.29) is 17.4 Å². The first-order valence-corrected chi connectivity index (χ1v) is 13.4. The molecule has 4 aliphatic rings. The van der Waals surface area contributed by atoms with Crippen LogP contribution in [-0.2, 0) is 4.79 Å². The summed E-state index contributed by atoms with van der Waals surface area (Å²) >= 11 is 0. The molecule has 0 unspecified atom stereocenters. The van der Waals surface area contributed by atoms with Gasteiger partial charge in [0, 0.05) is 11.8 Å². The van der Waals surface area contributed by atoms with Gasteiger partial charge in [-0.1, -0.05) is 64.3 Å². The predicted octanol–water partition coefficient (Wildman–Crippen LogP) is 7.66. The van der Waals surface area contributed by atoms with Gasteiger partial charge in [-0.2, -0.15) is 0 Å². The molecule has 0 bridgehead atoms. The second kappa shape index (κ2) is 8.10. The van der Waals surface area contributed by atoms with Gasteiger partial charge in [-0.05, 0) is 98.7 Å². The van der Waals surface area contributed by atoms with Crippen molar-refractivity contribution in [2.75, 3.05) is 6.61 Å². The van der Waals surface area contributed by atoms with E-state index < -0.39 is 0 Å². The third-order valence-corrected chi connectivity index (χ3v) is 11.6. The molecule has 0 saturated heterocycles. The Balaban J connectivity index is 1.62. The number of carbonyl (C=O) groups is 1. The van der Waals surface area contributed by atoms with E-state index in [9.17, 15) is 9.90 Å². The highest BCUT2D eigenvalue weighted by Crippen LogP contribution is 2.72. The lowest BCUT2D eigenvalue weighted by Crippen LogP contribution is -2.53. The molecule has 0 amide bonds. The van der Waals surface area contributed by atoms with Crippen molar-refractivity contribution >= 4 is 5.78 Å². The first-order chi connectivity index (χ1) is 14.9. The first-order valence-electron chi connectivity index (χ1n) is 13.4. The second-order valence-electron chi connectivity index (χ2n) is 13.3. The SMILES string of the molecule is C/C(=C\CC[C@H](C)[C@@H]1CC[C@]2(C)C3=C(CC[C@@]12C)[C@@]1(C)CCC(=O)C(C)(C)[C@@H]1CC3)CO. The molecule has 0 radical (unpaired) electrons. The van der Waals surface area contributed by atoms with Crippen molar-refractivity contribution < 1.29 is 9.90 Å². The lowest BCUT2D eigenvalue weighted by atomic mass is 9.43. The Labute approximate surface area is 197 Å². The Morgan fingerprint density at radius 3 is 2.44 bits per heavy atom. The summed E-state index contributed by atoms with van der Waals surface area (Å²) in [5.41, 5.74) is 5.49. The molecule has 180 valence electrons. The predicted molar refractivity (Wildman–Crippen MR) is 133 cm³/mol. The minimum absolute atomic E-state index is 0.167. The molecule has 0 aliphatic heterocycles. The molecule has 0 spiro atoms. The van der Waals surface area contributed by atoms with Gasteiger partial charge < -0.3 is 5.11 Å². The molecule has 0 aromatic carbocycles. The Bertz CT molecular complexity index is 832. The van der Waals surface area contributed by atoms with Crippen LogP contribution in [0.2, 0.25) is 0 Å². The van der Waals surface area contributed by atoms with Gasteiger partial charge in [0.05, 0.1) is 6.61 Å². The highest BCUT2D eigenvalue weighted by atomic mass is 16.3. The van der Waals surface area contributed by atoms with Crippen LogP contribution in [0.5, 0.6) is 0 Å². The molecular weight excluding hydrogens is 392 g/mol. The zero-order chi connectivity index (χ0) is 23.5. The van der Waals surface area contributed by atoms with Gasteiger partial charge in [0.1, 0.15) is 5.78 Å². The van der Waals surface area contributed by atoms with Crippen LogP contribution in [-0.4, -0.2) is 17.5 Å². The number of hydrogen-bond donors (Lipinski definition) is 1. The van der Waals surface area contributed by atoms with E-state index in [4.69, 9.17) is 0 Å². The molecule has 32 heavy (non-hydrogen) atoms. The molecule has 2 heteroatoms. The molecule has 2 saturated carbocycles. The van der Waals surface area contributed by atoms with E-state index in [1.165, 1.54) is 44.9 Å². The van der Waals surface area contributed by atoms with Crippen LogP contribution in [0.15, 0.2) is 22.8 Å². The lowest BCUT2D eigenvalue weighted by Gasteiger charge is -2.61. The summed E-state index contributed by atoms with van der Waals surface area (Å²) in [6.45, 7) is 16.9. The number of hydrogen-bond acceptors (Lipinski definition) is 2. The Morgan fingerprint density at radius 2 is 1.75 bits per heavy atom. The molecule has 0 heterocycles. The van der Waals surface area contributed by atoms with Gasteiger partial charge in [0.2, 0.25) is 0 Å². The number of allylic oxidation sites excluding steroid dienone is 3. The maximum atomic E-state index is 12.8. The van der Waals surface area contributed by atoms with Gasteiger partial charge in [0.25, 0.3) is 0 Å². The molecule has 4 aliphatic carbocycles. The normalized spacial score (nSPS) is 42.4. The number of fused-ring (bicyclic) bond motifs is 4. The largest absolute Gasteiger partial charge is 0.392 e. The maximum absolute atomic E-state index is 12.8. The highest BCUT2D eigenvalue weighted by Gasteiger charge is 2.63. The van der Waals surface area contributed by atoms with E-state index in [0.29, 0.717) is 22.5 Å². The summed E-state index contributed by atoms with van der Waals surface area (Å²) < 4.78 is 0. The van der Waals surface area contributed by atoms with Crippen LogP contribution >= 0.6 is 0 Å². The summed E-state index contributed by atoms with van der Waals surface area (Å²) in [6, 6.07) is 0.